The van der Waals surface area contributed by atoms with E-state index >= 15 is 0 Å². The summed E-state index contributed by atoms with van der Waals surface area (Å²) in [6.07, 6.45) is 3.29. The van der Waals surface area contributed by atoms with Crippen LogP contribution in [0.4, 0.5) is 11.4 Å². The van der Waals surface area contributed by atoms with E-state index in [0.717, 1.165) is 11.3 Å². The molecule has 0 aliphatic heterocycles. The van der Waals surface area contributed by atoms with Crippen LogP contribution in [0.3, 0.4) is 0 Å². The van der Waals surface area contributed by atoms with Crippen molar-refractivity contribution in [2.24, 2.45) is 0 Å². The molecule has 92 valence electrons. The first-order valence-electron chi connectivity index (χ1n) is 5.70. The lowest BCUT2D eigenvalue weighted by atomic mass is 10.1. The maximum Gasteiger partial charge on any atom is 0.255 e. The van der Waals surface area contributed by atoms with E-state index in [1.807, 2.05) is 38.2 Å². The highest BCUT2D eigenvalue weighted by molar-refractivity contribution is 6.05. The number of carbonyl (C=O) groups excluding carboxylic acids is 1. The normalized spacial score (nSPS) is 9.89. The third-order valence-electron chi connectivity index (χ3n) is 2.68. The van der Waals surface area contributed by atoms with Crippen LogP contribution >= 0.6 is 0 Å². The highest BCUT2D eigenvalue weighted by Gasteiger charge is 2.09. The zero-order valence-corrected chi connectivity index (χ0v) is 10.4. The Morgan fingerprint density at radius 1 is 1.22 bits per heavy atom. The van der Waals surface area contributed by atoms with Crippen molar-refractivity contribution >= 4 is 17.3 Å². The molecular weight excluding hydrogens is 226 g/mol. The summed E-state index contributed by atoms with van der Waals surface area (Å²) in [6.45, 7) is 1.92. The number of nitrogens with zero attached hydrogens (tertiary/aromatic N) is 1. The molecule has 0 spiro atoms. The van der Waals surface area contributed by atoms with Gasteiger partial charge in [-0.3, -0.25) is 9.78 Å². The van der Waals surface area contributed by atoms with E-state index in [0.29, 0.717) is 11.3 Å². The molecule has 0 atom stereocenters. The molecule has 2 rings (SSSR count). The van der Waals surface area contributed by atoms with Crippen LogP contribution in [0.15, 0.2) is 42.7 Å². The van der Waals surface area contributed by atoms with E-state index in [4.69, 9.17) is 0 Å². The Kier molecular flexibility index (Phi) is 3.57. The quantitative estimate of drug-likeness (QED) is 0.868. The molecule has 4 nitrogen and oxygen atoms in total. The Bertz CT molecular complexity index is 552. The SMILES string of the molecule is CNc1ccc(C(=O)Nc2cccnc2)c(C)c1. The van der Waals surface area contributed by atoms with Crippen LogP contribution in [-0.2, 0) is 0 Å². The van der Waals surface area contributed by atoms with Crippen molar-refractivity contribution in [1.82, 2.24) is 4.98 Å². The van der Waals surface area contributed by atoms with Gasteiger partial charge in [-0.05, 0) is 42.8 Å². The van der Waals surface area contributed by atoms with E-state index in [2.05, 4.69) is 15.6 Å². The van der Waals surface area contributed by atoms with Gasteiger partial charge in [0.15, 0.2) is 0 Å². The van der Waals surface area contributed by atoms with Gasteiger partial charge in [0.2, 0.25) is 0 Å². The fourth-order valence-electron chi connectivity index (χ4n) is 1.71. The van der Waals surface area contributed by atoms with Crippen LogP contribution in [0.1, 0.15) is 15.9 Å². The Labute approximate surface area is 106 Å². The van der Waals surface area contributed by atoms with Gasteiger partial charge < -0.3 is 10.6 Å². The largest absolute Gasteiger partial charge is 0.388 e. The number of rotatable bonds is 3. The van der Waals surface area contributed by atoms with Crippen LogP contribution in [0.2, 0.25) is 0 Å². The molecule has 2 N–H and O–H groups in total. The van der Waals surface area contributed by atoms with Crippen LogP contribution in [0.25, 0.3) is 0 Å². The van der Waals surface area contributed by atoms with E-state index in [1.54, 1.807) is 18.5 Å². The molecule has 0 aliphatic rings. The minimum atomic E-state index is -0.122. The molecule has 0 saturated heterocycles. The first-order valence-corrected chi connectivity index (χ1v) is 5.70. The summed E-state index contributed by atoms with van der Waals surface area (Å²) >= 11 is 0. The fourth-order valence-corrected chi connectivity index (χ4v) is 1.71. The highest BCUT2D eigenvalue weighted by Crippen LogP contribution is 2.16. The summed E-state index contributed by atoms with van der Waals surface area (Å²) in [6, 6.07) is 9.23. The van der Waals surface area contributed by atoms with Crippen LogP contribution in [-0.4, -0.2) is 17.9 Å². The van der Waals surface area contributed by atoms with Crippen LogP contribution < -0.4 is 10.6 Å². The Morgan fingerprint density at radius 3 is 2.67 bits per heavy atom. The summed E-state index contributed by atoms with van der Waals surface area (Å²) < 4.78 is 0. The average Bonchev–Trinajstić information content (AvgIpc) is 2.39. The topological polar surface area (TPSA) is 54.0 Å². The van der Waals surface area contributed by atoms with E-state index in [1.165, 1.54) is 0 Å². The van der Waals surface area contributed by atoms with Crippen molar-refractivity contribution in [2.75, 3.05) is 17.7 Å². The number of anilines is 2. The average molecular weight is 241 g/mol. The lowest BCUT2D eigenvalue weighted by Gasteiger charge is -2.09. The molecule has 4 heteroatoms. The van der Waals surface area contributed by atoms with Crippen molar-refractivity contribution in [2.45, 2.75) is 6.92 Å². The number of aryl methyl sites for hydroxylation is 1. The number of carbonyl (C=O) groups is 1. The zero-order chi connectivity index (χ0) is 13.0. The predicted octanol–water partition coefficient (Wildman–Crippen LogP) is 2.68. The molecule has 0 aliphatic carbocycles. The first-order chi connectivity index (χ1) is 8.70. The van der Waals surface area contributed by atoms with E-state index < -0.39 is 0 Å². The molecule has 1 aromatic carbocycles. The van der Waals surface area contributed by atoms with Gasteiger partial charge in [0, 0.05) is 24.5 Å². The Morgan fingerprint density at radius 2 is 2.06 bits per heavy atom. The number of nitrogens with one attached hydrogen (secondary N) is 2. The number of amides is 1. The van der Waals surface area contributed by atoms with Crippen molar-refractivity contribution in [3.8, 4) is 0 Å². The lowest BCUT2D eigenvalue weighted by molar-refractivity contribution is 0.102. The summed E-state index contributed by atoms with van der Waals surface area (Å²) in [7, 11) is 1.85. The van der Waals surface area contributed by atoms with Gasteiger partial charge in [-0.15, -0.1) is 0 Å². The minimum absolute atomic E-state index is 0.122. The molecule has 0 bridgehead atoms. The third kappa shape index (κ3) is 2.66. The monoisotopic (exact) mass is 241 g/mol. The maximum atomic E-state index is 12.1. The second kappa shape index (κ2) is 5.31. The Balaban J connectivity index is 2.19. The summed E-state index contributed by atoms with van der Waals surface area (Å²) in [4.78, 5) is 16.0. The van der Waals surface area contributed by atoms with E-state index in [9.17, 15) is 4.79 Å². The lowest BCUT2D eigenvalue weighted by Crippen LogP contribution is -2.13. The molecule has 18 heavy (non-hydrogen) atoms. The van der Waals surface area contributed by atoms with Gasteiger partial charge >= 0.3 is 0 Å². The number of hydrogen-bond acceptors (Lipinski definition) is 3. The first kappa shape index (κ1) is 12.1. The van der Waals surface area contributed by atoms with Gasteiger partial charge in [0.1, 0.15) is 0 Å². The second-order valence-electron chi connectivity index (χ2n) is 3.98. The van der Waals surface area contributed by atoms with Crippen molar-refractivity contribution in [3.05, 3.63) is 53.9 Å². The van der Waals surface area contributed by atoms with Gasteiger partial charge in [0.05, 0.1) is 11.9 Å². The molecule has 1 aromatic heterocycles. The minimum Gasteiger partial charge on any atom is -0.388 e. The molecule has 0 unspecified atom stereocenters. The van der Waals surface area contributed by atoms with Crippen LogP contribution in [0.5, 0.6) is 0 Å². The maximum absolute atomic E-state index is 12.1. The molecule has 1 heterocycles. The van der Waals surface area contributed by atoms with Crippen molar-refractivity contribution < 1.29 is 4.79 Å². The molecular formula is C14H15N3O. The number of aromatic nitrogens is 1. The number of hydrogen-bond donors (Lipinski definition) is 2. The second-order valence-corrected chi connectivity index (χ2v) is 3.98. The number of benzene rings is 1. The van der Waals surface area contributed by atoms with Gasteiger partial charge in [0.25, 0.3) is 5.91 Å². The fraction of sp³-hybridized carbons (Fsp3) is 0.143. The van der Waals surface area contributed by atoms with Gasteiger partial charge in [-0.2, -0.15) is 0 Å². The molecule has 1 amide bonds. The molecule has 0 fully saturated rings. The number of pyridine rings is 1. The van der Waals surface area contributed by atoms with E-state index in [-0.39, 0.29) is 5.91 Å². The third-order valence-corrected chi connectivity index (χ3v) is 2.68. The van der Waals surface area contributed by atoms with Gasteiger partial charge in [-0.1, -0.05) is 0 Å². The van der Waals surface area contributed by atoms with Crippen molar-refractivity contribution in [3.63, 3.8) is 0 Å². The Hall–Kier alpha value is -2.36. The molecule has 0 radical (unpaired) electrons. The van der Waals surface area contributed by atoms with Crippen LogP contribution in [0, 0.1) is 6.92 Å². The summed E-state index contributed by atoms with van der Waals surface area (Å²) in [5.41, 5.74) is 3.28. The zero-order valence-electron chi connectivity index (χ0n) is 10.4. The predicted molar refractivity (Wildman–Crippen MR) is 72.9 cm³/mol. The smallest absolute Gasteiger partial charge is 0.255 e. The summed E-state index contributed by atoms with van der Waals surface area (Å²) in [5.74, 6) is -0.122. The van der Waals surface area contributed by atoms with Gasteiger partial charge in [-0.25, -0.2) is 0 Å². The molecule has 0 saturated carbocycles. The highest BCUT2D eigenvalue weighted by atomic mass is 16.1. The summed E-state index contributed by atoms with van der Waals surface area (Å²) in [5, 5.41) is 5.86. The standard InChI is InChI=1S/C14H15N3O/c1-10-8-11(15-2)5-6-13(10)14(18)17-12-4-3-7-16-9-12/h3-9,15H,1-2H3,(H,17,18). The van der Waals surface area contributed by atoms with Crippen molar-refractivity contribution in [1.29, 1.82) is 0 Å². The molecule has 2 aromatic rings.